The summed E-state index contributed by atoms with van der Waals surface area (Å²) in [5, 5.41) is 16.8. The van der Waals surface area contributed by atoms with Crippen molar-refractivity contribution in [3.8, 4) is 0 Å². The van der Waals surface area contributed by atoms with Crippen molar-refractivity contribution in [2.45, 2.75) is 29.4 Å². The number of aromatic nitrogens is 2. The fraction of sp³-hybridized carbons (Fsp3) is 0.625. The number of nitrogens with zero attached hydrogens (tertiary/aromatic N) is 2. The van der Waals surface area contributed by atoms with Crippen molar-refractivity contribution in [1.29, 1.82) is 0 Å². The van der Waals surface area contributed by atoms with Crippen LogP contribution >= 0.6 is 23.1 Å². The molecule has 0 spiro atoms. The molecule has 1 saturated heterocycles. The first-order chi connectivity index (χ1) is 7.65. The highest BCUT2D eigenvalue weighted by Gasteiger charge is 2.30. The quantitative estimate of drug-likeness (QED) is 0.775. The minimum Gasteiger partial charge on any atom is -0.479 e. The fourth-order valence-corrected chi connectivity index (χ4v) is 3.16. The summed E-state index contributed by atoms with van der Waals surface area (Å²) in [6.45, 7) is 0. The maximum atomic E-state index is 10.7. The van der Waals surface area contributed by atoms with Gasteiger partial charge in [-0.2, -0.15) is 0 Å². The Bertz CT molecular complexity index is 384. The van der Waals surface area contributed by atoms with Gasteiger partial charge in [-0.3, -0.25) is 0 Å². The second kappa shape index (κ2) is 4.98. The predicted molar refractivity (Wildman–Crippen MR) is 60.6 cm³/mol. The van der Waals surface area contributed by atoms with E-state index >= 15 is 0 Å². The minimum atomic E-state index is -0.882. The van der Waals surface area contributed by atoms with Gasteiger partial charge >= 0.3 is 5.97 Å². The van der Waals surface area contributed by atoms with Gasteiger partial charge in [0.25, 0.3) is 0 Å². The Labute approximate surface area is 100 Å². The third-order valence-electron chi connectivity index (χ3n) is 2.20. The zero-order valence-electron chi connectivity index (χ0n) is 8.33. The van der Waals surface area contributed by atoms with E-state index in [0.717, 1.165) is 10.8 Å². The van der Waals surface area contributed by atoms with Crippen LogP contribution in [0.3, 0.4) is 0 Å². The molecule has 0 saturated carbocycles. The Morgan fingerprint density at radius 1 is 1.62 bits per heavy atom. The summed E-state index contributed by atoms with van der Waals surface area (Å²) in [5.74, 6) is -0.189. The molecule has 0 aliphatic carbocycles. The minimum absolute atomic E-state index is 0.0174. The van der Waals surface area contributed by atoms with Gasteiger partial charge in [-0.15, -0.1) is 10.2 Å². The van der Waals surface area contributed by atoms with Crippen molar-refractivity contribution in [2.75, 3.05) is 11.5 Å². The molecule has 0 amide bonds. The molecule has 1 aromatic heterocycles. The van der Waals surface area contributed by atoms with Crippen LogP contribution in [0.25, 0.3) is 0 Å². The molecule has 6 nitrogen and oxygen atoms in total. The third-order valence-corrected chi connectivity index (χ3v) is 4.22. The summed E-state index contributed by atoms with van der Waals surface area (Å²) in [4.78, 5) is 10.7. The molecule has 2 atom stereocenters. The molecule has 1 fully saturated rings. The third kappa shape index (κ3) is 2.83. The second-order valence-electron chi connectivity index (χ2n) is 3.38. The smallest absolute Gasteiger partial charge is 0.332 e. The molecular formula is C8H11N3O3S2. The van der Waals surface area contributed by atoms with Crippen LogP contribution in [0.5, 0.6) is 0 Å². The molecule has 0 bridgehead atoms. The normalized spacial score (nSPS) is 24.8. The van der Waals surface area contributed by atoms with Crippen LogP contribution in [0.4, 0.5) is 5.13 Å². The number of rotatable bonds is 4. The number of thioether (sulfide) groups is 1. The lowest BCUT2D eigenvalue weighted by Crippen LogP contribution is -2.21. The Morgan fingerprint density at radius 2 is 2.44 bits per heavy atom. The van der Waals surface area contributed by atoms with Crippen LogP contribution in [0, 0.1) is 0 Å². The zero-order chi connectivity index (χ0) is 11.5. The number of hydrogen-bond donors (Lipinski definition) is 2. The van der Waals surface area contributed by atoms with Crippen LogP contribution in [0.2, 0.25) is 0 Å². The average Bonchev–Trinajstić information content (AvgIpc) is 2.83. The van der Waals surface area contributed by atoms with E-state index in [-0.39, 0.29) is 6.10 Å². The molecule has 1 aromatic rings. The monoisotopic (exact) mass is 261 g/mol. The first-order valence-corrected chi connectivity index (χ1v) is 6.55. The van der Waals surface area contributed by atoms with E-state index < -0.39 is 12.1 Å². The Kier molecular flexibility index (Phi) is 3.62. The lowest BCUT2D eigenvalue weighted by Gasteiger charge is -2.08. The van der Waals surface area contributed by atoms with Crippen LogP contribution in [-0.2, 0) is 9.53 Å². The number of nitrogens with two attached hydrogens (primary N) is 1. The van der Waals surface area contributed by atoms with E-state index in [4.69, 9.17) is 15.6 Å². The number of anilines is 1. The lowest BCUT2D eigenvalue weighted by molar-refractivity contribution is -0.148. The van der Waals surface area contributed by atoms with Crippen LogP contribution in [-0.4, -0.2) is 39.2 Å². The van der Waals surface area contributed by atoms with Crippen LogP contribution in [0.15, 0.2) is 4.34 Å². The molecule has 1 aliphatic heterocycles. The molecule has 2 unspecified atom stereocenters. The predicted octanol–water partition coefficient (Wildman–Crippen LogP) is 0.845. The Morgan fingerprint density at radius 3 is 3.00 bits per heavy atom. The van der Waals surface area contributed by atoms with Crippen LogP contribution in [0.1, 0.15) is 12.8 Å². The van der Waals surface area contributed by atoms with Gasteiger partial charge in [0, 0.05) is 5.75 Å². The summed E-state index contributed by atoms with van der Waals surface area (Å²) in [7, 11) is 0. The number of carboxylic acid groups (broad SMARTS) is 1. The van der Waals surface area contributed by atoms with Gasteiger partial charge in [0.1, 0.15) is 0 Å². The number of hydrogen-bond acceptors (Lipinski definition) is 7. The number of nitrogen functional groups attached to an aromatic ring is 1. The van der Waals surface area contributed by atoms with E-state index in [1.54, 1.807) is 0 Å². The molecule has 2 rings (SSSR count). The molecular weight excluding hydrogens is 250 g/mol. The number of carbonyl (C=O) groups is 1. The van der Waals surface area contributed by atoms with Gasteiger partial charge in [0.2, 0.25) is 5.13 Å². The summed E-state index contributed by atoms with van der Waals surface area (Å²) >= 11 is 2.82. The van der Waals surface area contributed by atoms with E-state index in [2.05, 4.69) is 10.2 Å². The molecule has 3 N–H and O–H groups in total. The molecule has 16 heavy (non-hydrogen) atoms. The van der Waals surface area contributed by atoms with Gasteiger partial charge < -0.3 is 15.6 Å². The van der Waals surface area contributed by atoms with E-state index in [9.17, 15) is 4.79 Å². The average molecular weight is 261 g/mol. The lowest BCUT2D eigenvalue weighted by atomic mass is 10.2. The van der Waals surface area contributed by atoms with E-state index in [1.807, 2.05) is 0 Å². The topological polar surface area (TPSA) is 98.3 Å². The highest BCUT2D eigenvalue weighted by Crippen LogP contribution is 2.28. The zero-order valence-corrected chi connectivity index (χ0v) is 9.96. The van der Waals surface area contributed by atoms with Gasteiger partial charge in [-0.1, -0.05) is 23.1 Å². The van der Waals surface area contributed by atoms with E-state index in [0.29, 0.717) is 17.3 Å². The number of aliphatic carboxylic acids is 1. The standard InChI is InChI=1S/C8H11N3O3S2/c9-7-10-11-8(16-7)15-3-4-1-2-5(14-4)6(12)13/h4-5H,1-3H2,(H2,9,10)(H,12,13). The number of ether oxygens (including phenoxy) is 1. The number of carboxylic acids is 1. The fourth-order valence-electron chi connectivity index (χ4n) is 1.45. The van der Waals surface area contributed by atoms with Crippen molar-refractivity contribution in [2.24, 2.45) is 0 Å². The molecule has 2 heterocycles. The largest absolute Gasteiger partial charge is 0.479 e. The SMILES string of the molecule is Nc1nnc(SCC2CCC(C(=O)O)O2)s1. The van der Waals surface area contributed by atoms with Gasteiger partial charge in [0.05, 0.1) is 6.10 Å². The molecule has 0 aromatic carbocycles. The first kappa shape index (κ1) is 11.6. The molecule has 88 valence electrons. The van der Waals surface area contributed by atoms with Gasteiger partial charge in [-0.25, -0.2) is 4.79 Å². The van der Waals surface area contributed by atoms with Crippen molar-refractivity contribution in [3.63, 3.8) is 0 Å². The molecule has 1 aliphatic rings. The summed E-state index contributed by atoms with van der Waals surface area (Å²) in [6.07, 6.45) is 0.693. The van der Waals surface area contributed by atoms with Crippen LogP contribution < -0.4 is 5.73 Å². The summed E-state index contributed by atoms with van der Waals surface area (Å²) in [6, 6.07) is 0. The highest BCUT2D eigenvalue weighted by atomic mass is 32.2. The maximum Gasteiger partial charge on any atom is 0.332 e. The first-order valence-electron chi connectivity index (χ1n) is 4.75. The Hall–Kier alpha value is -0.860. The van der Waals surface area contributed by atoms with Crippen molar-refractivity contribution in [3.05, 3.63) is 0 Å². The molecule has 8 heteroatoms. The van der Waals surface area contributed by atoms with E-state index in [1.165, 1.54) is 23.1 Å². The maximum absolute atomic E-state index is 10.7. The Balaban J connectivity index is 1.77. The summed E-state index contributed by atoms with van der Waals surface area (Å²) in [5.41, 5.74) is 5.45. The molecule has 0 radical (unpaired) electrons. The van der Waals surface area contributed by atoms with Crippen molar-refractivity contribution in [1.82, 2.24) is 10.2 Å². The van der Waals surface area contributed by atoms with Crippen molar-refractivity contribution < 1.29 is 14.6 Å². The van der Waals surface area contributed by atoms with Gasteiger partial charge in [0.15, 0.2) is 10.4 Å². The van der Waals surface area contributed by atoms with Gasteiger partial charge in [-0.05, 0) is 12.8 Å². The van der Waals surface area contributed by atoms with Crippen molar-refractivity contribution >= 4 is 34.2 Å². The highest BCUT2D eigenvalue weighted by molar-refractivity contribution is 8.01. The summed E-state index contributed by atoms with van der Waals surface area (Å²) < 4.78 is 6.15. The second-order valence-corrected chi connectivity index (χ2v) is 5.66.